The Morgan fingerprint density at radius 2 is 1.82 bits per heavy atom. The first kappa shape index (κ1) is 23.8. The minimum Gasteiger partial charge on any atom is -0.491 e. The Kier molecular flexibility index (Phi) is 10.4. The van der Waals surface area contributed by atoms with Crippen molar-refractivity contribution in [2.75, 3.05) is 40.0 Å². The lowest BCUT2D eigenvalue weighted by Gasteiger charge is -2.18. The maximum Gasteiger partial charge on any atom is 0.225 e. The lowest BCUT2D eigenvalue weighted by Crippen LogP contribution is -2.43. The molecule has 7 heteroatoms. The fraction of sp³-hybridized carbons (Fsp3) is 0.619. The number of aryl methyl sites for hydroxylation is 1. The third-order valence-electron chi connectivity index (χ3n) is 3.90. The van der Waals surface area contributed by atoms with Crippen LogP contribution in [0.2, 0.25) is 0 Å². The molecule has 0 heterocycles. The van der Waals surface area contributed by atoms with Gasteiger partial charge in [-0.25, -0.2) is 4.99 Å². The third kappa shape index (κ3) is 9.08. The summed E-state index contributed by atoms with van der Waals surface area (Å²) in [7, 11) is 1.66. The Morgan fingerprint density at radius 1 is 1.11 bits per heavy atom. The fourth-order valence-electron chi connectivity index (χ4n) is 2.29. The summed E-state index contributed by atoms with van der Waals surface area (Å²) in [4.78, 5) is 16.5. The van der Waals surface area contributed by atoms with Gasteiger partial charge in [0.2, 0.25) is 5.91 Å². The van der Waals surface area contributed by atoms with Crippen LogP contribution in [0.25, 0.3) is 0 Å². The number of guanidine groups is 1. The molecule has 0 bridgehead atoms. The molecule has 1 aromatic carbocycles. The van der Waals surface area contributed by atoms with Crippen LogP contribution in [0.3, 0.4) is 0 Å². The average molecular weight is 393 g/mol. The number of carbonyl (C=O) groups is 1. The van der Waals surface area contributed by atoms with E-state index in [-0.39, 0.29) is 11.3 Å². The number of hydrogen-bond donors (Lipinski definition) is 3. The van der Waals surface area contributed by atoms with Crippen molar-refractivity contribution in [3.8, 4) is 5.75 Å². The van der Waals surface area contributed by atoms with Crippen molar-refractivity contribution < 1.29 is 14.3 Å². The van der Waals surface area contributed by atoms with Gasteiger partial charge in [-0.2, -0.15) is 0 Å². The molecule has 0 unspecified atom stereocenters. The highest BCUT2D eigenvalue weighted by Crippen LogP contribution is 2.21. The number of ether oxygens (including phenoxy) is 2. The second-order valence-corrected chi connectivity index (χ2v) is 7.58. The van der Waals surface area contributed by atoms with Crippen LogP contribution in [0.5, 0.6) is 5.75 Å². The normalized spacial score (nSPS) is 11.9. The Hall–Kier alpha value is -2.28. The van der Waals surface area contributed by atoms with Gasteiger partial charge < -0.3 is 25.4 Å². The summed E-state index contributed by atoms with van der Waals surface area (Å²) in [5, 5.41) is 9.39. The monoisotopic (exact) mass is 392 g/mol. The second kappa shape index (κ2) is 12.2. The quantitative estimate of drug-likeness (QED) is 0.323. The first-order valence-electron chi connectivity index (χ1n) is 9.79. The molecule has 0 aliphatic carbocycles. The van der Waals surface area contributed by atoms with Crippen molar-refractivity contribution in [1.29, 1.82) is 0 Å². The van der Waals surface area contributed by atoms with E-state index in [0.29, 0.717) is 38.8 Å². The maximum absolute atomic E-state index is 11.9. The Labute approximate surface area is 169 Å². The molecule has 0 aliphatic heterocycles. The lowest BCUT2D eigenvalue weighted by molar-refractivity contribution is -0.128. The first-order valence-corrected chi connectivity index (χ1v) is 9.79. The summed E-state index contributed by atoms with van der Waals surface area (Å²) < 4.78 is 10.9. The van der Waals surface area contributed by atoms with Gasteiger partial charge in [-0.15, -0.1) is 0 Å². The van der Waals surface area contributed by atoms with Crippen LogP contribution >= 0.6 is 0 Å². The van der Waals surface area contributed by atoms with Gasteiger partial charge >= 0.3 is 0 Å². The van der Waals surface area contributed by atoms with Crippen LogP contribution in [0.4, 0.5) is 0 Å². The lowest BCUT2D eigenvalue weighted by atomic mass is 9.96. The summed E-state index contributed by atoms with van der Waals surface area (Å²) in [5.74, 6) is 1.57. The van der Waals surface area contributed by atoms with Crippen molar-refractivity contribution in [3.63, 3.8) is 0 Å². The van der Waals surface area contributed by atoms with Crippen LogP contribution < -0.4 is 20.7 Å². The molecule has 28 heavy (non-hydrogen) atoms. The van der Waals surface area contributed by atoms with E-state index < -0.39 is 0 Å². The molecule has 1 aromatic rings. The molecule has 0 spiro atoms. The van der Waals surface area contributed by atoms with Crippen molar-refractivity contribution in [2.45, 2.75) is 41.2 Å². The number of nitrogens with zero attached hydrogens (tertiary/aromatic N) is 1. The maximum atomic E-state index is 11.9. The van der Waals surface area contributed by atoms with E-state index in [2.05, 4.69) is 27.0 Å². The summed E-state index contributed by atoms with van der Waals surface area (Å²) in [6.45, 7) is 13.2. The van der Waals surface area contributed by atoms with Gasteiger partial charge in [0, 0.05) is 37.7 Å². The molecule has 3 N–H and O–H groups in total. The van der Waals surface area contributed by atoms with Crippen LogP contribution in [0.1, 0.15) is 38.8 Å². The summed E-state index contributed by atoms with van der Waals surface area (Å²) >= 11 is 0. The largest absolute Gasteiger partial charge is 0.491 e. The molecule has 0 aromatic heterocycles. The molecule has 1 rings (SSSR count). The summed E-state index contributed by atoms with van der Waals surface area (Å²) in [6, 6.07) is 6.10. The fourth-order valence-corrected chi connectivity index (χ4v) is 2.29. The second-order valence-electron chi connectivity index (χ2n) is 7.58. The number of aliphatic imine (C=N–C) groups is 1. The summed E-state index contributed by atoms with van der Waals surface area (Å²) in [6.07, 6.45) is 0. The Bertz CT molecular complexity index is 639. The average Bonchev–Trinajstić information content (AvgIpc) is 2.63. The van der Waals surface area contributed by atoms with E-state index in [4.69, 9.17) is 9.47 Å². The van der Waals surface area contributed by atoms with Crippen LogP contribution in [0, 0.1) is 12.3 Å². The van der Waals surface area contributed by atoms with Crippen molar-refractivity contribution in [3.05, 3.63) is 29.3 Å². The van der Waals surface area contributed by atoms with E-state index >= 15 is 0 Å². The number of methoxy groups -OCH3 is 1. The molecule has 0 saturated heterocycles. The number of amides is 1. The van der Waals surface area contributed by atoms with E-state index in [1.54, 1.807) is 7.11 Å². The molecule has 0 saturated carbocycles. The zero-order chi connectivity index (χ0) is 21.0. The molecule has 0 fully saturated rings. The number of benzene rings is 1. The minimum atomic E-state index is -0.386. The van der Waals surface area contributed by atoms with Crippen molar-refractivity contribution in [1.82, 2.24) is 16.0 Å². The number of carbonyl (C=O) groups excluding carboxylic acids is 1. The van der Waals surface area contributed by atoms with E-state index in [0.717, 1.165) is 23.4 Å². The predicted octanol–water partition coefficient (Wildman–Crippen LogP) is 2.24. The van der Waals surface area contributed by atoms with E-state index in [9.17, 15) is 4.79 Å². The van der Waals surface area contributed by atoms with Crippen LogP contribution in [0.15, 0.2) is 23.2 Å². The number of nitrogens with one attached hydrogen (secondary N) is 3. The molecule has 1 amide bonds. The van der Waals surface area contributed by atoms with Crippen molar-refractivity contribution in [2.24, 2.45) is 10.4 Å². The molecular weight excluding hydrogens is 356 g/mol. The van der Waals surface area contributed by atoms with Gasteiger partial charge in [0.15, 0.2) is 5.96 Å². The van der Waals surface area contributed by atoms with Gasteiger partial charge in [-0.3, -0.25) is 4.79 Å². The highest BCUT2D eigenvalue weighted by atomic mass is 16.5. The standard InChI is InChI=1S/C21H36N4O3/c1-7-22-20(24-11-10-23-19(26)21(3,4)5)25-15-17-9-8-16(2)14-18(17)28-13-12-27-6/h8-9,14H,7,10-13,15H2,1-6H3,(H,23,26)(H2,22,24,25). The Balaban J connectivity index is 2.65. The molecule has 0 radical (unpaired) electrons. The highest BCUT2D eigenvalue weighted by molar-refractivity contribution is 5.81. The van der Waals surface area contributed by atoms with Gasteiger partial charge in [0.1, 0.15) is 12.4 Å². The first-order chi connectivity index (χ1) is 13.3. The molecule has 0 aliphatic rings. The third-order valence-corrected chi connectivity index (χ3v) is 3.90. The van der Waals surface area contributed by atoms with Gasteiger partial charge in [-0.1, -0.05) is 32.9 Å². The van der Waals surface area contributed by atoms with Gasteiger partial charge in [0.05, 0.1) is 13.2 Å². The predicted molar refractivity (Wildman–Crippen MR) is 114 cm³/mol. The van der Waals surface area contributed by atoms with Gasteiger partial charge in [-0.05, 0) is 25.5 Å². The van der Waals surface area contributed by atoms with E-state index in [1.807, 2.05) is 46.8 Å². The minimum absolute atomic E-state index is 0.0359. The van der Waals surface area contributed by atoms with E-state index in [1.165, 1.54) is 0 Å². The molecule has 0 atom stereocenters. The van der Waals surface area contributed by atoms with Crippen LogP contribution in [-0.4, -0.2) is 51.8 Å². The molecule has 158 valence electrons. The Morgan fingerprint density at radius 3 is 2.46 bits per heavy atom. The van der Waals surface area contributed by atoms with Crippen molar-refractivity contribution >= 4 is 11.9 Å². The summed E-state index contributed by atoms with van der Waals surface area (Å²) in [5.41, 5.74) is 1.77. The highest BCUT2D eigenvalue weighted by Gasteiger charge is 2.20. The number of hydrogen-bond acceptors (Lipinski definition) is 4. The zero-order valence-corrected chi connectivity index (χ0v) is 18.1. The smallest absolute Gasteiger partial charge is 0.225 e. The topological polar surface area (TPSA) is 84.0 Å². The zero-order valence-electron chi connectivity index (χ0n) is 18.1. The molecule has 7 nitrogen and oxygen atoms in total. The SMILES string of the molecule is CCNC(=NCc1ccc(C)cc1OCCOC)NCCNC(=O)C(C)(C)C. The van der Waals surface area contributed by atoms with Crippen LogP contribution in [-0.2, 0) is 16.1 Å². The molecular formula is C21H36N4O3. The number of rotatable bonds is 10. The van der Waals surface area contributed by atoms with Gasteiger partial charge in [0.25, 0.3) is 0 Å².